The smallest absolute Gasteiger partial charge is 0.547 e. The zero-order valence-corrected chi connectivity index (χ0v) is 20.3. The zero-order chi connectivity index (χ0) is 23.3. The molecule has 0 radical (unpaired) electrons. The normalized spacial score (nSPS) is 39.6. The van der Waals surface area contributed by atoms with Gasteiger partial charge in [-0.15, -0.1) is 0 Å². The number of carbonyl (C=O) groups is 3. The molecule has 178 valence electrons. The molecule has 10 atom stereocenters. The van der Waals surface area contributed by atoms with Gasteiger partial charge in [0, 0.05) is 20.0 Å². The Labute approximate surface area is 206 Å². The number of methoxy groups -OCH3 is 1. The summed E-state index contributed by atoms with van der Waals surface area (Å²) >= 11 is 0. The molecule has 2 aliphatic rings. The molecule has 14 heteroatoms. The number of carboxylic acid groups (broad SMARTS) is 1. The quantitative estimate of drug-likeness (QED) is 0.141. The first-order chi connectivity index (χ1) is 14.6. The molecule has 5 unspecified atom stereocenters. The van der Waals surface area contributed by atoms with E-state index in [-0.39, 0.29) is 42.8 Å². The minimum absolute atomic E-state index is 0. The van der Waals surface area contributed by atoms with Gasteiger partial charge in [-0.25, -0.2) is 0 Å². The van der Waals surface area contributed by atoms with E-state index in [1.807, 2.05) is 0 Å². The average molecular weight is 473 g/mol. The minimum Gasteiger partial charge on any atom is -0.547 e. The summed E-state index contributed by atoms with van der Waals surface area (Å²) in [5, 5.41) is 45.2. The standard InChI is InChI=1S/C18H29NO12.Na/c1-7-11(22)13(24)18(30-14(7)16(25)26)31-15-10(19-8(2)21)17(27-3)29-9(12(15)23)6-28-5-4-20;/h4,7,9-15,17-18,22-24H,5-6H2,1-3H3,(H,19,21)(H,25,26);/q;+1/p-1/t7?,9?,10?,11-,12+,13?,14?,15+,17+,18-;/m0./s1. The first-order valence-corrected chi connectivity index (χ1v) is 9.65. The van der Waals surface area contributed by atoms with Crippen LogP contribution in [0.5, 0.6) is 0 Å². The Morgan fingerprint density at radius 1 is 1.12 bits per heavy atom. The Hall–Kier alpha value is -0.710. The van der Waals surface area contributed by atoms with Crippen LogP contribution in [0.25, 0.3) is 0 Å². The van der Waals surface area contributed by atoms with E-state index < -0.39 is 73.0 Å². The maximum atomic E-state index is 11.7. The van der Waals surface area contributed by atoms with Crippen molar-refractivity contribution in [1.29, 1.82) is 0 Å². The van der Waals surface area contributed by atoms with Gasteiger partial charge < -0.3 is 59.0 Å². The van der Waals surface area contributed by atoms with E-state index in [9.17, 15) is 34.8 Å². The fourth-order valence-corrected chi connectivity index (χ4v) is 3.58. The van der Waals surface area contributed by atoms with E-state index >= 15 is 0 Å². The van der Waals surface area contributed by atoms with Crippen LogP contribution < -0.4 is 40.0 Å². The number of rotatable bonds is 9. The monoisotopic (exact) mass is 473 g/mol. The van der Waals surface area contributed by atoms with E-state index in [1.165, 1.54) is 21.0 Å². The first kappa shape index (κ1) is 29.3. The Morgan fingerprint density at radius 3 is 2.31 bits per heavy atom. The third-order valence-electron chi connectivity index (χ3n) is 5.19. The van der Waals surface area contributed by atoms with Crippen molar-refractivity contribution < 1.29 is 88.1 Å². The maximum Gasteiger partial charge on any atom is 1.00 e. The summed E-state index contributed by atoms with van der Waals surface area (Å²) in [5.74, 6) is -3.13. The van der Waals surface area contributed by atoms with Gasteiger partial charge in [0.05, 0.1) is 18.7 Å². The van der Waals surface area contributed by atoms with Crippen molar-refractivity contribution in [3.05, 3.63) is 0 Å². The number of carbonyl (C=O) groups excluding carboxylic acids is 3. The second-order valence-electron chi connectivity index (χ2n) is 7.38. The van der Waals surface area contributed by atoms with Crippen molar-refractivity contribution in [2.24, 2.45) is 5.92 Å². The van der Waals surface area contributed by atoms with Crippen LogP contribution in [0.4, 0.5) is 0 Å². The summed E-state index contributed by atoms with van der Waals surface area (Å²) in [5.41, 5.74) is 0. The molecule has 0 saturated carbocycles. The Kier molecular flexibility index (Phi) is 12.1. The second kappa shape index (κ2) is 13.2. The zero-order valence-electron chi connectivity index (χ0n) is 18.3. The van der Waals surface area contributed by atoms with Crippen molar-refractivity contribution in [2.45, 2.75) is 69.1 Å². The number of nitrogens with one attached hydrogen (secondary N) is 1. The van der Waals surface area contributed by atoms with Crippen LogP contribution in [-0.2, 0) is 38.1 Å². The van der Waals surface area contributed by atoms with E-state index in [2.05, 4.69) is 5.32 Å². The molecule has 0 aromatic heterocycles. The molecular formula is C18H28NNaO12. The van der Waals surface area contributed by atoms with E-state index in [4.69, 9.17) is 23.7 Å². The van der Waals surface area contributed by atoms with Gasteiger partial charge in [0.25, 0.3) is 0 Å². The summed E-state index contributed by atoms with van der Waals surface area (Å²) in [7, 11) is 1.28. The van der Waals surface area contributed by atoms with Crippen molar-refractivity contribution in [3.8, 4) is 0 Å². The summed E-state index contributed by atoms with van der Waals surface area (Å²) in [4.78, 5) is 33.5. The van der Waals surface area contributed by atoms with Crippen LogP contribution in [-0.4, -0.2) is 109 Å². The minimum atomic E-state index is -1.68. The molecule has 0 aromatic carbocycles. The summed E-state index contributed by atoms with van der Waals surface area (Å²) in [6.07, 6.45) is -11.0. The number of hydrogen-bond acceptors (Lipinski definition) is 12. The number of aliphatic carboxylic acids is 1. The average Bonchev–Trinajstić information content (AvgIpc) is 2.71. The number of aldehydes is 1. The van der Waals surface area contributed by atoms with E-state index in [0.717, 1.165) is 0 Å². The maximum absolute atomic E-state index is 11.7. The van der Waals surface area contributed by atoms with Gasteiger partial charge in [0.1, 0.15) is 49.5 Å². The molecule has 32 heavy (non-hydrogen) atoms. The van der Waals surface area contributed by atoms with Crippen LogP contribution in [0.1, 0.15) is 13.8 Å². The number of aliphatic hydroxyl groups is 3. The molecule has 2 saturated heterocycles. The molecule has 1 amide bonds. The van der Waals surface area contributed by atoms with Crippen molar-refractivity contribution in [1.82, 2.24) is 5.32 Å². The molecule has 0 spiro atoms. The fraction of sp³-hybridized carbons (Fsp3) is 0.833. The van der Waals surface area contributed by atoms with Crippen molar-refractivity contribution in [2.75, 3.05) is 20.3 Å². The number of aliphatic hydroxyl groups excluding tert-OH is 3. The van der Waals surface area contributed by atoms with Crippen molar-refractivity contribution in [3.63, 3.8) is 0 Å². The second-order valence-corrected chi connectivity index (χ2v) is 7.38. The van der Waals surface area contributed by atoms with Gasteiger partial charge in [-0.05, 0) is 0 Å². The Morgan fingerprint density at radius 2 is 1.78 bits per heavy atom. The largest absolute Gasteiger partial charge is 1.00 e. The SMILES string of the molecule is CO[C@@H]1OC(COCC=O)[C@@H](O)[C@H](O[C@@H]2OC(C(=O)[O-])C(C)[C@H](O)C2O)C1NC(C)=O.[Na+]. The van der Waals surface area contributed by atoms with Crippen LogP contribution in [0.15, 0.2) is 0 Å². The predicted octanol–water partition coefficient (Wildman–Crippen LogP) is -7.34. The van der Waals surface area contributed by atoms with E-state index in [1.54, 1.807) is 0 Å². The topological polar surface area (TPSA) is 193 Å². The summed E-state index contributed by atoms with van der Waals surface area (Å²) < 4.78 is 26.8. The Balaban J connectivity index is 0.00000512. The van der Waals surface area contributed by atoms with Gasteiger partial charge in [-0.1, -0.05) is 6.92 Å². The fourth-order valence-electron chi connectivity index (χ4n) is 3.58. The number of hydrogen-bond donors (Lipinski definition) is 4. The van der Waals surface area contributed by atoms with Gasteiger partial charge in [-0.3, -0.25) is 4.79 Å². The van der Waals surface area contributed by atoms with Gasteiger partial charge in [-0.2, -0.15) is 0 Å². The molecule has 2 heterocycles. The summed E-state index contributed by atoms with van der Waals surface area (Å²) in [6, 6.07) is -1.10. The molecule has 2 rings (SSSR count). The molecule has 13 nitrogen and oxygen atoms in total. The third-order valence-corrected chi connectivity index (χ3v) is 5.19. The molecule has 2 aliphatic heterocycles. The van der Waals surface area contributed by atoms with Crippen LogP contribution >= 0.6 is 0 Å². The molecular weight excluding hydrogens is 445 g/mol. The number of carboxylic acids is 1. The number of amides is 1. The first-order valence-electron chi connectivity index (χ1n) is 9.65. The van der Waals surface area contributed by atoms with Gasteiger partial charge in [0.15, 0.2) is 12.6 Å². The molecule has 4 N–H and O–H groups in total. The molecule has 0 bridgehead atoms. The molecule has 0 aromatic rings. The van der Waals surface area contributed by atoms with E-state index in [0.29, 0.717) is 6.29 Å². The molecule has 2 fully saturated rings. The van der Waals surface area contributed by atoms with Gasteiger partial charge in [0.2, 0.25) is 5.91 Å². The van der Waals surface area contributed by atoms with Crippen LogP contribution in [0.3, 0.4) is 0 Å². The summed E-state index contributed by atoms with van der Waals surface area (Å²) in [6.45, 7) is 2.07. The van der Waals surface area contributed by atoms with Crippen LogP contribution in [0.2, 0.25) is 0 Å². The van der Waals surface area contributed by atoms with Gasteiger partial charge >= 0.3 is 29.6 Å². The third kappa shape index (κ3) is 6.90. The Bertz CT molecular complexity index is 639. The predicted molar refractivity (Wildman–Crippen MR) is 95.9 cm³/mol. The molecule has 0 aliphatic carbocycles. The number of ether oxygens (including phenoxy) is 5. The van der Waals surface area contributed by atoms with Crippen molar-refractivity contribution >= 4 is 18.2 Å². The van der Waals surface area contributed by atoms with Crippen LogP contribution in [0, 0.1) is 5.92 Å².